The minimum absolute atomic E-state index is 0.205. The summed E-state index contributed by atoms with van der Waals surface area (Å²) in [5.41, 5.74) is 0.230. The molecule has 0 radical (unpaired) electrons. The highest BCUT2D eigenvalue weighted by molar-refractivity contribution is 5.76. The molecule has 0 saturated carbocycles. The minimum atomic E-state index is -0.743. The van der Waals surface area contributed by atoms with Gasteiger partial charge in [0.25, 0.3) is 0 Å². The second-order valence-corrected chi connectivity index (χ2v) is 6.11. The highest BCUT2D eigenvalue weighted by Crippen LogP contribution is 2.30. The van der Waals surface area contributed by atoms with Gasteiger partial charge in [-0.2, -0.15) is 9.78 Å². The Bertz CT molecular complexity index is 1020. The predicted molar refractivity (Wildman–Crippen MR) is 88.3 cm³/mol. The van der Waals surface area contributed by atoms with Gasteiger partial charge in [0, 0.05) is 19.8 Å². The number of aromatic nitrogens is 6. The molecule has 2 aromatic heterocycles. The van der Waals surface area contributed by atoms with E-state index >= 15 is 0 Å². The van der Waals surface area contributed by atoms with Crippen LogP contribution in [0.5, 0.6) is 0 Å². The molecule has 1 aromatic carbocycles. The quantitative estimate of drug-likeness (QED) is 0.641. The van der Waals surface area contributed by atoms with Crippen LogP contribution >= 0.6 is 0 Å². The molecule has 26 heavy (non-hydrogen) atoms. The molecule has 0 aliphatic carbocycles. The lowest BCUT2D eigenvalue weighted by atomic mass is 10.1. The predicted octanol–water partition coefficient (Wildman–Crippen LogP) is 1.11. The van der Waals surface area contributed by atoms with Crippen LogP contribution in [0, 0.1) is 5.82 Å². The van der Waals surface area contributed by atoms with Gasteiger partial charge in [0.2, 0.25) is 0 Å². The van der Waals surface area contributed by atoms with Crippen LogP contribution in [0.1, 0.15) is 24.6 Å². The van der Waals surface area contributed by atoms with E-state index in [4.69, 9.17) is 0 Å². The zero-order valence-corrected chi connectivity index (χ0v) is 14.0. The normalized spacial score (nSPS) is 17.0. The van der Waals surface area contributed by atoms with Crippen molar-refractivity contribution in [2.45, 2.75) is 18.9 Å². The molecule has 10 heteroatoms. The number of carbonyl (C=O) groups is 1. The molecule has 0 N–H and O–H groups in total. The Morgan fingerprint density at radius 1 is 1.27 bits per heavy atom. The third kappa shape index (κ3) is 2.68. The van der Waals surface area contributed by atoms with Crippen molar-refractivity contribution in [1.29, 1.82) is 0 Å². The zero-order valence-electron chi connectivity index (χ0n) is 14.0. The van der Waals surface area contributed by atoms with Gasteiger partial charge in [0.05, 0.1) is 17.4 Å². The fourth-order valence-electron chi connectivity index (χ4n) is 3.17. The van der Waals surface area contributed by atoms with Gasteiger partial charge in [0.1, 0.15) is 5.82 Å². The van der Waals surface area contributed by atoms with E-state index in [1.165, 1.54) is 18.2 Å². The number of tetrazole rings is 1. The van der Waals surface area contributed by atoms with E-state index < -0.39 is 17.5 Å². The maximum absolute atomic E-state index is 13.4. The van der Waals surface area contributed by atoms with E-state index in [1.54, 1.807) is 16.6 Å². The Labute approximate surface area is 147 Å². The first kappa shape index (κ1) is 16.2. The molecule has 4 rings (SSSR count). The molecule has 134 valence electrons. The summed E-state index contributed by atoms with van der Waals surface area (Å²) >= 11 is 0. The second-order valence-electron chi connectivity index (χ2n) is 6.11. The Balaban J connectivity index is 1.65. The average molecular weight is 357 g/mol. The number of amides is 1. The summed E-state index contributed by atoms with van der Waals surface area (Å²) in [6.07, 6.45) is 3.37. The fourth-order valence-corrected chi connectivity index (χ4v) is 3.17. The summed E-state index contributed by atoms with van der Waals surface area (Å²) in [6, 6.07) is 6.45. The molecule has 1 saturated heterocycles. The van der Waals surface area contributed by atoms with Gasteiger partial charge in [-0.05, 0) is 47.5 Å². The third-order valence-electron chi connectivity index (χ3n) is 4.39. The van der Waals surface area contributed by atoms with Gasteiger partial charge in [0.15, 0.2) is 0 Å². The molecule has 1 aliphatic rings. The topological polar surface area (TPSA) is 90.8 Å². The van der Waals surface area contributed by atoms with E-state index in [1.807, 2.05) is 12.3 Å². The van der Waals surface area contributed by atoms with E-state index in [0.717, 1.165) is 29.3 Å². The third-order valence-corrected chi connectivity index (χ3v) is 4.39. The number of hydrogen-bond donors (Lipinski definition) is 0. The van der Waals surface area contributed by atoms with Crippen molar-refractivity contribution >= 4 is 6.03 Å². The van der Waals surface area contributed by atoms with Gasteiger partial charge >= 0.3 is 11.7 Å². The number of hydrogen-bond acceptors (Lipinski definition) is 5. The zero-order chi connectivity index (χ0) is 18.3. The SMILES string of the molecule is Cn1ccc(C2CCCN2C(=O)n2nnn(-c3cccc(F)c3)c2=O)n1. The Morgan fingerprint density at radius 2 is 2.12 bits per heavy atom. The Kier molecular flexibility index (Phi) is 3.86. The number of carbonyl (C=O) groups excluding carboxylic acids is 1. The van der Waals surface area contributed by atoms with Crippen LogP contribution < -0.4 is 5.69 Å². The van der Waals surface area contributed by atoms with Crippen molar-refractivity contribution in [3.63, 3.8) is 0 Å². The molecule has 1 fully saturated rings. The van der Waals surface area contributed by atoms with E-state index in [0.29, 0.717) is 11.2 Å². The smallest absolute Gasteiger partial charge is 0.314 e. The summed E-state index contributed by atoms with van der Waals surface area (Å²) in [5, 5.41) is 11.7. The first-order valence-electron chi connectivity index (χ1n) is 8.16. The van der Waals surface area contributed by atoms with Crippen LogP contribution in [0.25, 0.3) is 5.69 Å². The van der Waals surface area contributed by atoms with Crippen LogP contribution in [0.15, 0.2) is 41.3 Å². The molecule has 1 amide bonds. The molecule has 1 unspecified atom stereocenters. The molecule has 3 heterocycles. The number of halogens is 1. The van der Waals surface area contributed by atoms with Crippen LogP contribution in [-0.4, -0.2) is 47.0 Å². The number of aryl methyl sites for hydroxylation is 1. The van der Waals surface area contributed by atoms with Crippen molar-refractivity contribution in [1.82, 2.24) is 34.5 Å². The maximum atomic E-state index is 13.4. The molecular weight excluding hydrogens is 341 g/mol. The number of likely N-dealkylation sites (tertiary alicyclic amines) is 1. The van der Waals surface area contributed by atoms with Crippen molar-refractivity contribution < 1.29 is 9.18 Å². The second kappa shape index (κ2) is 6.21. The maximum Gasteiger partial charge on any atom is 0.377 e. The van der Waals surface area contributed by atoms with Crippen molar-refractivity contribution in [3.8, 4) is 5.69 Å². The lowest BCUT2D eigenvalue weighted by Gasteiger charge is -2.21. The molecule has 1 atom stereocenters. The first-order valence-corrected chi connectivity index (χ1v) is 8.16. The standard InChI is InChI=1S/C16H16FN7O2/c1-21-9-7-13(18-21)14-6-3-8-22(14)15(25)24-16(26)23(19-20-24)12-5-2-4-11(17)10-12/h2,4-5,7,9-10,14H,3,6,8H2,1H3. The van der Waals surface area contributed by atoms with Crippen molar-refractivity contribution in [2.75, 3.05) is 6.54 Å². The van der Waals surface area contributed by atoms with Crippen LogP contribution in [0.4, 0.5) is 9.18 Å². The largest absolute Gasteiger partial charge is 0.377 e. The van der Waals surface area contributed by atoms with Crippen LogP contribution in [0.2, 0.25) is 0 Å². The van der Waals surface area contributed by atoms with Gasteiger partial charge in [-0.25, -0.2) is 14.0 Å². The Morgan fingerprint density at radius 3 is 2.85 bits per heavy atom. The van der Waals surface area contributed by atoms with E-state index in [-0.39, 0.29) is 11.7 Å². The van der Waals surface area contributed by atoms with E-state index in [9.17, 15) is 14.0 Å². The molecule has 1 aliphatic heterocycles. The minimum Gasteiger partial charge on any atom is -0.314 e. The first-order chi connectivity index (χ1) is 12.5. The molecule has 0 spiro atoms. The number of nitrogens with zero attached hydrogens (tertiary/aromatic N) is 7. The summed E-state index contributed by atoms with van der Waals surface area (Å²) in [6.45, 7) is 0.499. The lowest BCUT2D eigenvalue weighted by molar-refractivity contribution is 0.188. The van der Waals surface area contributed by atoms with Crippen LogP contribution in [0.3, 0.4) is 0 Å². The number of benzene rings is 1. The summed E-state index contributed by atoms with van der Waals surface area (Å²) in [7, 11) is 1.81. The average Bonchev–Trinajstić information content (AvgIpc) is 3.33. The lowest BCUT2D eigenvalue weighted by Crippen LogP contribution is -2.40. The van der Waals surface area contributed by atoms with Crippen molar-refractivity contribution in [3.05, 3.63) is 58.5 Å². The van der Waals surface area contributed by atoms with E-state index in [2.05, 4.69) is 15.5 Å². The van der Waals surface area contributed by atoms with Crippen LogP contribution in [-0.2, 0) is 7.05 Å². The highest BCUT2D eigenvalue weighted by atomic mass is 19.1. The molecule has 3 aromatic rings. The summed E-state index contributed by atoms with van der Waals surface area (Å²) in [5.74, 6) is -0.509. The summed E-state index contributed by atoms with van der Waals surface area (Å²) in [4.78, 5) is 26.9. The monoisotopic (exact) mass is 357 g/mol. The van der Waals surface area contributed by atoms with Gasteiger partial charge in [-0.3, -0.25) is 4.68 Å². The van der Waals surface area contributed by atoms with Crippen molar-refractivity contribution in [2.24, 2.45) is 7.05 Å². The molecule has 9 nitrogen and oxygen atoms in total. The fraction of sp³-hybridized carbons (Fsp3) is 0.312. The van der Waals surface area contributed by atoms with Gasteiger partial charge in [-0.15, -0.1) is 4.68 Å². The van der Waals surface area contributed by atoms with Gasteiger partial charge in [-0.1, -0.05) is 6.07 Å². The summed E-state index contributed by atoms with van der Waals surface area (Å²) < 4.78 is 16.6. The highest BCUT2D eigenvalue weighted by Gasteiger charge is 2.34. The molecular formula is C16H16FN7O2. The molecule has 0 bridgehead atoms. The van der Waals surface area contributed by atoms with Gasteiger partial charge < -0.3 is 4.90 Å². The Hall–Kier alpha value is -3.30. The number of rotatable bonds is 2.